The van der Waals surface area contributed by atoms with Crippen LogP contribution in [-0.2, 0) is 11.8 Å². The monoisotopic (exact) mass is 318 g/mol. The van der Waals surface area contributed by atoms with Gasteiger partial charge in [0.25, 0.3) is 5.91 Å². The molecule has 1 saturated heterocycles. The molecule has 1 atom stereocenters. The second kappa shape index (κ2) is 6.15. The smallest absolute Gasteiger partial charge is 0.270 e. The molecule has 0 N–H and O–H groups in total. The van der Waals surface area contributed by atoms with E-state index in [9.17, 15) is 4.79 Å². The standard InChI is InChI=1S/C17H19ClN2O2/c1-12-7-8-15(19(12)2)17(21)20-9-10-22-16(11-20)13-5-3-4-6-14(13)18/h3-8,16H,9-11H2,1-2H3/t16-/m1/s1. The minimum absolute atomic E-state index is 0.0379. The number of rotatable bonds is 2. The Balaban J connectivity index is 1.80. The Morgan fingerprint density at radius 1 is 1.27 bits per heavy atom. The van der Waals surface area contributed by atoms with Crippen molar-refractivity contribution in [3.8, 4) is 0 Å². The van der Waals surface area contributed by atoms with E-state index in [0.29, 0.717) is 30.4 Å². The Kier molecular flexibility index (Phi) is 4.23. The first-order chi connectivity index (χ1) is 10.6. The molecule has 4 nitrogen and oxygen atoms in total. The van der Waals surface area contributed by atoms with Crippen molar-refractivity contribution in [1.29, 1.82) is 0 Å². The number of carbonyl (C=O) groups is 1. The molecule has 0 radical (unpaired) electrons. The van der Waals surface area contributed by atoms with Crippen molar-refractivity contribution in [3.63, 3.8) is 0 Å². The average Bonchev–Trinajstić information content (AvgIpc) is 2.87. The van der Waals surface area contributed by atoms with Crippen molar-refractivity contribution in [1.82, 2.24) is 9.47 Å². The molecule has 116 valence electrons. The van der Waals surface area contributed by atoms with Crippen LogP contribution in [0, 0.1) is 6.92 Å². The van der Waals surface area contributed by atoms with Gasteiger partial charge < -0.3 is 14.2 Å². The third-order valence-electron chi connectivity index (χ3n) is 4.20. The molecule has 0 bridgehead atoms. The molecular weight excluding hydrogens is 300 g/mol. The van der Waals surface area contributed by atoms with Crippen molar-refractivity contribution in [3.05, 3.63) is 58.4 Å². The number of halogens is 1. The first kappa shape index (κ1) is 15.1. The van der Waals surface area contributed by atoms with Crippen LogP contribution in [0.2, 0.25) is 5.02 Å². The van der Waals surface area contributed by atoms with Crippen LogP contribution in [0.25, 0.3) is 0 Å². The van der Waals surface area contributed by atoms with E-state index < -0.39 is 0 Å². The number of ether oxygens (including phenoxy) is 1. The molecule has 1 aromatic carbocycles. The molecule has 0 spiro atoms. The molecular formula is C17H19ClN2O2. The summed E-state index contributed by atoms with van der Waals surface area (Å²) >= 11 is 6.24. The molecule has 1 aliphatic heterocycles. The van der Waals surface area contributed by atoms with Crippen molar-refractivity contribution < 1.29 is 9.53 Å². The van der Waals surface area contributed by atoms with Crippen molar-refractivity contribution in [2.75, 3.05) is 19.7 Å². The molecule has 1 aromatic heterocycles. The zero-order valence-corrected chi connectivity index (χ0v) is 13.5. The van der Waals surface area contributed by atoms with Crippen molar-refractivity contribution >= 4 is 17.5 Å². The van der Waals surface area contributed by atoms with E-state index in [0.717, 1.165) is 11.3 Å². The maximum atomic E-state index is 12.7. The van der Waals surface area contributed by atoms with Gasteiger partial charge in [-0.3, -0.25) is 4.79 Å². The number of hydrogen-bond acceptors (Lipinski definition) is 2. The van der Waals surface area contributed by atoms with Crippen LogP contribution in [0.15, 0.2) is 36.4 Å². The van der Waals surface area contributed by atoms with Gasteiger partial charge in [-0.2, -0.15) is 0 Å². The number of aryl methyl sites for hydroxylation is 1. The summed E-state index contributed by atoms with van der Waals surface area (Å²) < 4.78 is 7.73. The zero-order chi connectivity index (χ0) is 15.7. The summed E-state index contributed by atoms with van der Waals surface area (Å²) in [4.78, 5) is 14.6. The number of hydrogen-bond donors (Lipinski definition) is 0. The number of morpholine rings is 1. The van der Waals surface area contributed by atoms with Crippen LogP contribution in [0.4, 0.5) is 0 Å². The Labute approximate surface area is 135 Å². The summed E-state index contributed by atoms with van der Waals surface area (Å²) in [6.45, 7) is 3.63. The SMILES string of the molecule is Cc1ccc(C(=O)N2CCO[C@@H](c3ccccc3Cl)C2)n1C. The molecule has 5 heteroatoms. The Hall–Kier alpha value is -1.78. The predicted molar refractivity (Wildman–Crippen MR) is 86.2 cm³/mol. The summed E-state index contributed by atoms with van der Waals surface area (Å²) in [5, 5.41) is 0.677. The Bertz CT molecular complexity index is 696. The van der Waals surface area contributed by atoms with E-state index in [2.05, 4.69) is 0 Å². The highest BCUT2D eigenvalue weighted by molar-refractivity contribution is 6.31. The molecule has 1 amide bonds. The second-order valence-corrected chi connectivity index (χ2v) is 5.96. The van der Waals surface area contributed by atoms with E-state index >= 15 is 0 Å². The quantitative estimate of drug-likeness (QED) is 0.852. The van der Waals surface area contributed by atoms with Gasteiger partial charge in [-0.05, 0) is 25.1 Å². The average molecular weight is 319 g/mol. The molecule has 22 heavy (non-hydrogen) atoms. The molecule has 0 aliphatic carbocycles. The first-order valence-electron chi connectivity index (χ1n) is 7.35. The lowest BCUT2D eigenvalue weighted by molar-refractivity contribution is -0.0230. The predicted octanol–water partition coefficient (Wildman–Crippen LogP) is 3.20. The van der Waals surface area contributed by atoms with E-state index in [1.165, 1.54) is 0 Å². The van der Waals surface area contributed by atoms with Gasteiger partial charge in [-0.25, -0.2) is 0 Å². The summed E-state index contributed by atoms with van der Waals surface area (Å²) in [5.74, 6) is 0.0379. The summed E-state index contributed by atoms with van der Waals surface area (Å²) in [6, 6.07) is 11.5. The van der Waals surface area contributed by atoms with E-state index in [1.807, 2.05) is 59.8 Å². The summed E-state index contributed by atoms with van der Waals surface area (Å²) in [7, 11) is 1.91. The summed E-state index contributed by atoms with van der Waals surface area (Å²) in [6.07, 6.45) is -0.173. The normalized spacial score (nSPS) is 18.5. The lowest BCUT2D eigenvalue weighted by Crippen LogP contribution is -2.42. The van der Waals surface area contributed by atoms with Gasteiger partial charge in [-0.15, -0.1) is 0 Å². The maximum Gasteiger partial charge on any atom is 0.270 e. The van der Waals surface area contributed by atoms with Gasteiger partial charge >= 0.3 is 0 Å². The van der Waals surface area contributed by atoms with E-state index in [4.69, 9.17) is 16.3 Å². The van der Waals surface area contributed by atoms with Crippen LogP contribution in [0.1, 0.15) is 27.8 Å². The minimum Gasteiger partial charge on any atom is -0.370 e. The Morgan fingerprint density at radius 2 is 2.05 bits per heavy atom. The zero-order valence-electron chi connectivity index (χ0n) is 12.8. The number of carbonyl (C=O) groups excluding carboxylic acids is 1. The number of aromatic nitrogens is 1. The highest BCUT2D eigenvalue weighted by Gasteiger charge is 2.28. The number of nitrogens with zero attached hydrogens (tertiary/aromatic N) is 2. The molecule has 3 rings (SSSR count). The lowest BCUT2D eigenvalue weighted by Gasteiger charge is -2.33. The first-order valence-corrected chi connectivity index (χ1v) is 7.73. The molecule has 1 fully saturated rings. The van der Waals surface area contributed by atoms with Gasteiger partial charge in [0.2, 0.25) is 0 Å². The molecule has 1 aliphatic rings. The lowest BCUT2D eigenvalue weighted by atomic mass is 10.1. The van der Waals surface area contributed by atoms with Gasteiger partial charge in [0.15, 0.2) is 0 Å². The maximum absolute atomic E-state index is 12.7. The number of benzene rings is 1. The fourth-order valence-corrected chi connectivity index (χ4v) is 3.01. The third-order valence-corrected chi connectivity index (χ3v) is 4.54. The van der Waals surface area contributed by atoms with Gasteiger partial charge in [0.05, 0.1) is 13.2 Å². The Morgan fingerprint density at radius 3 is 2.73 bits per heavy atom. The largest absolute Gasteiger partial charge is 0.370 e. The molecule has 2 aromatic rings. The van der Waals surface area contributed by atoms with Crippen LogP contribution >= 0.6 is 11.6 Å². The fourth-order valence-electron chi connectivity index (χ4n) is 2.75. The van der Waals surface area contributed by atoms with Crippen LogP contribution in [0.5, 0.6) is 0 Å². The van der Waals surface area contributed by atoms with Crippen LogP contribution < -0.4 is 0 Å². The van der Waals surface area contributed by atoms with Crippen molar-refractivity contribution in [2.24, 2.45) is 7.05 Å². The van der Waals surface area contributed by atoms with E-state index in [-0.39, 0.29) is 12.0 Å². The van der Waals surface area contributed by atoms with Crippen LogP contribution in [-0.4, -0.2) is 35.1 Å². The van der Waals surface area contributed by atoms with Crippen LogP contribution in [0.3, 0.4) is 0 Å². The third kappa shape index (κ3) is 2.76. The van der Waals surface area contributed by atoms with Gasteiger partial charge in [-0.1, -0.05) is 29.8 Å². The highest BCUT2D eigenvalue weighted by Crippen LogP contribution is 2.28. The van der Waals surface area contributed by atoms with Gasteiger partial charge in [0, 0.05) is 29.9 Å². The molecule has 0 unspecified atom stereocenters. The van der Waals surface area contributed by atoms with Gasteiger partial charge in [0.1, 0.15) is 11.8 Å². The summed E-state index contributed by atoms with van der Waals surface area (Å²) in [5.41, 5.74) is 2.71. The second-order valence-electron chi connectivity index (χ2n) is 5.55. The minimum atomic E-state index is -0.173. The molecule has 0 saturated carbocycles. The van der Waals surface area contributed by atoms with E-state index in [1.54, 1.807) is 0 Å². The fraction of sp³-hybridized carbons (Fsp3) is 0.353. The number of amides is 1. The molecule has 2 heterocycles. The topological polar surface area (TPSA) is 34.5 Å². The highest BCUT2D eigenvalue weighted by atomic mass is 35.5. The van der Waals surface area contributed by atoms with Crippen molar-refractivity contribution in [2.45, 2.75) is 13.0 Å².